The van der Waals surface area contributed by atoms with Crippen LogP contribution >= 0.6 is 0 Å². The van der Waals surface area contributed by atoms with Crippen LogP contribution < -0.4 is 0 Å². The fraction of sp³-hybridized carbons (Fsp3) is 0.486. The van der Waals surface area contributed by atoms with E-state index in [1.54, 1.807) is 0 Å². The fourth-order valence-corrected chi connectivity index (χ4v) is 5.72. The highest BCUT2D eigenvalue weighted by molar-refractivity contribution is 5.15. The van der Waals surface area contributed by atoms with Crippen molar-refractivity contribution < 1.29 is 48.5 Å². The average molecular weight is 625 g/mol. The molecular weight excluding hydrogens is 580 g/mol. The first-order valence-electron chi connectivity index (χ1n) is 15.4. The number of hydrogen-bond donors (Lipinski definition) is 3. The van der Waals surface area contributed by atoms with E-state index in [9.17, 15) is 15.3 Å². The summed E-state index contributed by atoms with van der Waals surface area (Å²) in [4.78, 5) is 0. The van der Waals surface area contributed by atoms with Gasteiger partial charge in [0.25, 0.3) is 0 Å². The molecule has 0 spiro atoms. The molecule has 10 nitrogen and oxygen atoms in total. The van der Waals surface area contributed by atoms with E-state index < -0.39 is 55.3 Å². The van der Waals surface area contributed by atoms with Crippen molar-refractivity contribution in [3.8, 4) is 0 Å². The van der Waals surface area contributed by atoms with Crippen LogP contribution in [0.4, 0.5) is 0 Å². The second-order valence-corrected chi connectivity index (χ2v) is 11.5. The molecule has 2 saturated heterocycles. The van der Waals surface area contributed by atoms with Crippen molar-refractivity contribution in [3.05, 3.63) is 108 Å². The van der Waals surface area contributed by atoms with Crippen molar-refractivity contribution in [2.45, 2.75) is 82.1 Å². The van der Waals surface area contributed by atoms with E-state index in [0.717, 1.165) is 16.7 Å². The zero-order valence-electron chi connectivity index (χ0n) is 25.7. The third kappa shape index (κ3) is 8.96. The first-order chi connectivity index (χ1) is 21.9. The van der Waals surface area contributed by atoms with E-state index in [1.165, 1.54) is 7.11 Å². The Morgan fingerprint density at radius 2 is 1.07 bits per heavy atom. The number of aliphatic hydroxyl groups is 3. The lowest BCUT2D eigenvalue weighted by atomic mass is 9.96. The molecule has 2 heterocycles. The summed E-state index contributed by atoms with van der Waals surface area (Å²) in [5.74, 6) is -0.346. The van der Waals surface area contributed by atoms with Crippen LogP contribution in [0.2, 0.25) is 0 Å². The lowest BCUT2D eigenvalue weighted by Crippen LogP contribution is -2.52. The number of ether oxygens (including phenoxy) is 7. The zero-order valence-corrected chi connectivity index (χ0v) is 25.7. The average Bonchev–Trinajstić information content (AvgIpc) is 3.26. The van der Waals surface area contributed by atoms with Gasteiger partial charge >= 0.3 is 0 Å². The molecule has 10 heteroatoms. The largest absolute Gasteiger partial charge is 0.388 e. The standard InChI is InChI=1S/C35H44O10/c1-23-31(40-18-24-12-6-3-7-13-24)29(37)28(22-44-34(23)39-2)45-35-30(38)33(42-20-26-16-10-5-11-17-26)32(27(36)21-43-35)41-19-25-14-8-4-9-15-25/h3-17,23,27-38H,18-22H2,1-2H3. The van der Waals surface area contributed by atoms with Gasteiger partial charge in [0.1, 0.15) is 36.6 Å². The number of benzene rings is 3. The van der Waals surface area contributed by atoms with Crippen LogP contribution in [0.1, 0.15) is 23.6 Å². The normalized spacial score (nSPS) is 32.5. The maximum absolute atomic E-state index is 11.7. The number of methoxy groups -OCH3 is 1. The van der Waals surface area contributed by atoms with E-state index in [1.807, 2.05) is 97.9 Å². The van der Waals surface area contributed by atoms with Gasteiger partial charge in [0.05, 0.1) is 39.1 Å². The van der Waals surface area contributed by atoms with E-state index in [0.29, 0.717) is 0 Å². The second-order valence-electron chi connectivity index (χ2n) is 11.5. The lowest BCUT2D eigenvalue weighted by molar-refractivity contribution is -0.260. The van der Waals surface area contributed by atoms with E-state index in [2.05, 4.69) is 0 Å². The van der Waals surface area contributed by atoms with Gasteiger partial charge in [-0.25, -0.2) is 0 Å². The van der Waals surface area contributed by atoms with Crippen LogP contribution in [0.3, 0.4) is 0 Å². The molecule has 0 aliphatic carbocycles. The zero-order chi connectivity index (χ0) is 31.6. The molecule has 0 bridgehead atoms. The third-order valence-electron chi connectivity index (χ3n) is 8.24. The predicted molar refractivity (Wildman–Crippen MR) is 164 cm³/mol. The fourth-order valence-electron chi connectivity index (χ4n) is 5.72. The molecule has 3 aromatic carbocycles. The first kappa shape index (κ1) is 33.6. The van der Waals surface area contributed by atoms with Gasteiger partial charge in [-0.2, -0.15) is 0 Å². The Morgan fingerprint density at radius 1 is 0.600 bits per heavy atom. The summed E-state index contributed by atoms with van der Waals surface area (Å²) < 4.78 is 42.3. The number of aliphatic hydroxyl groups excluding tert-OH is 3. The molecule has 3 aromatic rings. The van der Waals surface area contributed by atoms with E-state index in [4.69, 9.17) is 33.2 Å². The molecule has 3 N–H and O–H groups in total. The number of rotatable bonds is 12. The van der Waals surface area contributed by atoms with Gasteiger partial charge in [0.2, 0.25) is 0 Å². The molecule has 5 rings (SSSR count). The maximum atomic E-state index is 11.7. The highest BCUT2D eigenvalue weighted by Gasteiger charge is 2.47. The van der Waals surface area contributed by atoms with Crippen LogP contribution in [0.5, 0.6) is 0 Å². The quantitative estimate of drug-likeness (QED) is 0.277. The second kappa shape index (κ2) is 16.7. The van der Waals surface area contributed by atoms with Crippen LogP contribution in [0, 0.1) is 5.92 Å². The minimum Gasteiger partial charge on any atom is -0.388 e. The van der Waals surface area contributed by atoms with Crippen LogP contribution in [-0.2, 0) is 53.0 Å². The van der Waals surface area contributed by atoms with Crippen molar-refractivity contribution in [2.75, 3.05) is 20.3 Å². The molecule has 10 unspecified atom stereocenters. The Bertz CT molecular complexity index is 1250. The smallest absolute Gasteiger partial charge is 0.186 e. The van der Waals surface area contributed by atoms with Gasteiger partial charge in [0.15, 0.2) is 12.6 Å². The Morgan fingerprint density at radius 3 is 1.58 bits per heavy atom. The summed E-state index contributed by atoms with van der Waals surface area (Å²) in [6, 6.07) is 28.7. The number of hydrogen-bond acceptors (Lipinski definition) is 10. The molecule has 2 fully saturated rings. The summed E-state index contributed by atoms with van der Waals surface area (Å²) >= 11 is 0. The van der Waals surface area contributed by atoms with Gasteiger partial charge in [-0.15, -0.1) is 0 Å². The third-order valence-corrected chi connectivity index (χ3v) is 8.24. The molecule has 10 atom stereocenters. The molecule has 45 heavy (non-hydrogen) atoms. The highest BCUT2D eigenvalue weighted by Crippen LogP contribution is 2.30. The molecule has 0 saturated carbocycles. The van der Waals surface area contributed by atoms with Crippen molar-refractivity contribution in [1.82, 2.24) is 0 Å². The summed E-state index contributed by atoms with van der Waals surface area (Å²) in [5.41, 5.74) is 2.74. The molecule has 0 amide bonds. The topological polar surface area (TPSA) is 125 Å². The molecule has 244 valence electrons. The van der Waals surface area contributed by atoms with Gasteiger partial charge in [-0.3, -0.25) is 0 Å². The Labute approximate surface area is 264 Å². The predicted octanol–water partition coefficient (Wildman–Crippen LogP) is 3.21. The van der Waals surface area contributed by atoms with Crippen LogP contribution in [0.15, 0.2) is 91.0 Å². The summed E-state index contributed by atoms with van der Waals surface area (Å²) in [6.45, 7) is 2.25. The van der Waals surface area contributed by atoms with Crippen LogP contribution in [0.25, 0.3) is 0 Å². The Hall–Kier alpha value is -2.74. The molecular formula is C35H44O10. The summed E-state index contributed by atoms with van der Waals surface area (Å²) in [5, 5.41) is 34.4. The van der Waals surface area contributed by atoms with Gasteiger partial charge in [0, 0.05) is 13.0 Å². The molecule has 0 radical (unpaired) electrons. The monoisotopic (exact) mass is 624 g/mol. The van der Waals surface area contributed by atoms with E-state index in [-0.39, 0.29) is 39.0 Å². The Balaban J connectivity index is 1.33. The van der Waals surface area contributed by atoms with Gasteiger partial charge in [-0.1, -0.05) is 97.9 Å². The lowest BCUT2D eigenvalue weighted by Gasteiger charge is -2.35. The van der Waals surface area contributed by atoms with Crippen molar-refractivity contribution in [3.63, 3.8) is 0 Å². The minimum absolute atomic E-state index is 0.0478. The summed E-state index contributed by atoms with van der Waals surface area (Å²) in [7, 11) is 1.53. The Kier molecular flexibility index (Phi) is 12.5. The summed E-state index contributed by atoms with van der Waals surface area (Å²) in [6.07, 6.45) is -9.25. The van der Waals surface area contributed by atoms with Gasteiger partial charge in [-0.05, 0) is 16.7 Å². The SMILES string of the molecule is COC1OCC(OC2OCC(O)C(OCc3ccccc3)C(OCc3ccccc3)C2O)C(O)C(OCc2ccccc2)C1C. The first-order valence-corrected chi connectivity index (χ1v) is 15.4. The van der Waals surface area contributed by atoms with Crippen LogP contribution in [-0.4, -0.2) is 91.0 Å². The molecule has 2 aliphatic rings. The van der Waals surface area contributed by atoms with E-state index >= 15 is 0 Å². The highest BCUT2D eigenvalue weighted by atomic mass is 16.7. The minimum atomic E-state index is -1.39. The van der Waals surface area contributed by atoms with Crippen molar-refractivity contribution >= 4 is 0 Å². The van der Waals surface area contributed by atoms with Crippen molar-refractivity contribution in [2.24, 2.45) is 5.92 Å². The van der Waals surface area contributed by atoms with Gasteiger partial charge < -0.3 is 48.5 Å². The maximum Gasteiger partial charge on any atom is 0.186 e. The molecule has 2 aliphatic heterocycles. The van der Waals surface area contributed by atoms with Crippen molar-refractivity contribution in [1.29, 1.82) is 0 Å². The molecule has 0 aromatic heterocycles.